The average Bonchev–Trinajstić information content (AvgIpc) is 2.55. The Morgan fingerprint density at radius 2 is 1.42 bits per heavy atom. The fraction of sp³-hybridized carbons (Fsp3) is 0.900. The second-order valence-electron chi connectivity index (χ2n) is 6.06. The summed E-state index contributed by atoms with van der Waals surface area (Å²) in [5, 5.41) is 0. The Morgan fingerprint density at radius 1 is 0.833 bits per heavy atom. The standard InChI is InChI=1S/C20H40O4/c1-6-11-12-13-14-15-19(18-21-16-7-2)17-20(22-8-3,23-9-4)24-10-5/h7,16,19H,6,8-15,17-18H2,1-5H3. The maximum atomic E-state index is 5.87. The molecule has 0 aliphatic rings. The average molecular weight is 345 g/mol. The molecule has 0 aromatic heterocycles. The molecule has 0 aromatic carbocycles. The topological polar surface area (TPSA) is 36.9 Å². The van der Waals surface area contributed by atoms with Crippen molar-refractivity contribution in [3.63, 3.8) is 0 Å². The Labute approximate surface area is 149 Å². The molecule has 24 heavy (non-hydrogen) atoms. The zero-order valence-corrected chi connectivity index (χ0v) is 16.6. The summed E-state index contributed by atoms with van der Waals surface area (Å²) in [6, 6.07) is 0. The summed E-state index contributed by atoms with van der Waals surface area (Å²) in [4.78, 5) is 0. The molecule has 0 amide bonds. The van der Waals surface area contributed by atoms with Crippen molar-refractivity contribution in [1.29, 1.82) is 0 Å². The van der Waals surface area contributed by atoms with Gasteiger partial charge in [-0.25, -0.2) is 0 Å². The molecule has 0 aliphatic carbocycles. The number of hydrogen-bond acceptors (Lipinski definition) is 4. The van der Waals surface area contributed by atoms with Crippen molar-refractivity contribution in [1.82, 2.24) is 0 Å². The highest BCUT2D eigenvalue weighted by atomic mass is 16.9. The van der Waals surface area contributed by atoms with Crippen LogP contribution >= 0.6 is 0 Å². The van der Waals surface area contributed by atoms with E-state index in [1.807, 2.05) is 33.8 Å². The fourth-order valence-corrected chi connectivity index (χ4v) is 2.88. The van der Waals surface area contributed by atoms with Gasteiger partial charge in [0.05, 0.1) is 12.9 Å². The molecule has 0 fully saturated rings. The van der Waals surface area contributed by atoms with Gasteiger partial charge in [0, 0.05) is 32.2 Å². The van der Waals surface area contributed by atoms with Gasteiger partial charge < -0.3 is 18.9 Å². The summed E-state index contributed by atoms with van der Waals surface area (Å²) in [6.45, 7) is 12.5. The van der Waals surface area contributed by atoms with Gasteiger partial charge in [0.2, 0.25) is 0 Å². The van der Waals surface area contributed by atoms with Crippen LogP contribution in [-0.4, -0.2) is 32.4 Å². The normalized spacial score (nSPS) is 13.5. The quantitative estimate of drug-likeness (QED) is 0.194. The minimum Gasteiger partial charge on any atom is -0.501 e. The number of allylic oxidation sites excluding steroid dienone is 1. The van der Waals surface area contributed by atoms with E-state index in [2.05, 4.69) is 6.92 Å². The van der Waals surface area contributed by atoms with Crippen LogP contribution in [0.1, 0.15) is 79.6 Å². The summed E-state index contributed by atoms with van der Waals surface area (Å²) in [7, 11) is 0. The number of rotatable bonds is 17. The Morgan fingerprint density at radius 3 is 1.92 bits per heavy atom. The van der Waals surface area contributed by atoms with Crippen molar-refractivity contribution < 1.29 is 18.9 Å². The van der Waals surface area contributed by atoms with Crippen LogP contribution < -0.4 is 0 Å². The summed E-state index contributed by atoms with van der Waals surface area (Å²) >= 11 is 0. The third kappa shape index (κ3) is 11.1. The van der Waals surface area contributed by atoms with E-state index in [-0.39, 0.29) is 0 Å². The maximum Gasteiger partial charge on any atom is 0.283 e. The highest BCUT2D eigenvalue weighted by Gasteiger charge is 2.35. The third-order valence-corrected chi connectivity index (χ3v) is 3.91. The minimum absolute atomic E-state index is 0.354. The van der Waals surface area contributed by atoms with E-state index in [4.69, 9.17) is 18.9 Å². The van der Waals surface area contributed by atoms with Gasteiger partial charge in [-0.15, -0.1) is 0 Å². The van der Waals surface area contributed by atoms with Gasteiger partial charge in [0.1, 0.15) is 0 Å². The lowest BCUT2D eigenvalue weighted by Crippen LogP contribution is -2.42. The van der Waals surface area contributed by atoms with Gasteiger partial charge in [0.15, 0.2) is 0 Å². The molecule has 0 saturated carbocycles. The summed E-state index contributed by atoms with van der Waals surface area (Å²) in [5.41, 5.74) is 0. The van der Waals surface area contributed by atoms with Crippen molar-refractivity contribution in [2.24, 2.45) is 5.92 Å². The van der Waals surface area contributed by atoms with Crippen molar-refractivity contribution in [3.05, 3.63) is 12.3 Å². The molecule has 0 rings (SSSR count). The summed E-state index contributed by atoms with van der Waals surface area (Å²) in [5.74, 6) is -0.585. The van der Waals surface area contributed by atoms with Gasteiger partial charge in [0.25, 0.3) is 5.97 Å². The summed E-state index contributed by atoms with van der Waals surface area (Å²) < 4.78 is 23.3. The van der Waals surface area contributed by atoms with Crippen LogP contribution in [0.15, 0.2) is 12.3 Å². The number of unbranched alkanes of at least 4 members (excludes halogenated alkanes) is 4. The first-order valence-electron chi connectivity index (χ1n) is 9.82. The number of ether oxygens (including phenoxy) is 4. The largest absolute Gasteiger partial charge is 0.501 e. The van der Waals surface area contributed by atoms with E-state index in [0.29, 0.717) is 38.8 Å². The third-order valence-electron chi connectivity index (χ3n) is 3.91. The first-order valence-corrected chi connectivity index (χ1v) is 9.82. The predicted octanol–water partition coefficient (Wildman–Crippen LogP) is 5.67. The first kappa shape index (κ1) is 23.4. The lowest BCUT2D eigenvalue weighted by molar-refractivity contribution is -0.384. The van der Waals surface area contributed by atoms with Gasteiger partial charge >= 0.3 is 0 Å². The van der Waals surface area contributed by atoms with Crippen molar-refractivity contribution in [3.8, 4) is 0 Å². The van der Waals surface area contributed by atoms with Crippen LogP contribution in [-0.2, 0) is 18.9 Å². The van der Waals surface area contributed by atoms with Crippen molar-refractivity contribution in [2.75, 3.05) is 26.4 Å². The molecule has 1 unspecified atom stereocenters. The van der Waals surface area contributed by atoms with E-state index in [1.54, 1.807) is 6.26 Å². The fourth-order valence-electron chi connectivity index (χ4n) is 2.88. The lowest BCUT2D eigenvalue weighted by Gasteiger charge is -2.35. The van der Waals surface area contributed by atoms with Crippen LogP contribution in [0.25, 0.3) is 0 Å². The minimum atomic E-state index is -0.939. The Balaban J connectivity index is 4.72. The van der Waals surface area contributed by atoms with Gasteiger partial charge in [-0.1, -0.05) is 45.1 Å². The number of hydrogen-bond donors (Lipinski definition) is 0. The Hall–Kier alpha value is -0.580. The molecule has 144 valence electrons. The molecule has 1 atom stereocenters. The lowest BCUT2D eigenvalue weighted by atomic mass is 9.96. The molecule has 0 saturated heterocycles. The van der Waals surface area contributed by atoms with E-state index < -0.39 is 5.97 Å². The van der Waals surface area contributed by atoms with Crippen LogP contribution in [0.3, 0.4) is 0 Å². The van der Waals surface area contributed by atoms with Gasteiger partial charge in [-0.2, -0.15) is 0 Å². The molecule has 0 spiro atoms. The van der Waals surface area contributed by atoms with Crippen LogP contribution in [0, 0.1) is 5.92 Å². The molecule has 0 aliphatic heterocycles. The monoisotopic (exact) mass is 344 g/mol. The van der Waals surface area contributed by atoms with Crippen LogP contribution in [0.4, 0.5) is 0 Å². The maximum absolute atomic E-state index is 5.87. The summed E-state index contributed by atoms with van der Waals surface area (Å²) in [6.07, 6.45) is 11.9. The SMILES string of the molecule is CC=COCC(CCCCCCC)CC(OCC)(OCC)OCC. The van der Waals surface area contributed by atoms with Crippen LogP contribution in [0.5, 0.6) is 0 Å². The molecule has 4 heteroatoms. The second-order valence-corrected chi connectivity index (χ2v) is 6.06. The molecule has 0 N–H and O–H groups in total. The van der Waals surface area contributed by atoms with E-state index in [9.17, 15) is 0 Å². The zero-order valence-electron chi connectivity index (χ0n) is 16.6. The molecule has 0 radical (unpaired) electrons. The van der Waals surface area contributed by atoms with Gasteiger partial charge in [-0.3, -0.25) is 0 Å². The smallest absolute Gasteiger partial charge is 0.283 e. The highest BCUT2D eigenvalue weighted by molar-refractivity contribution is 4.71. The molecular formula is C20H40O4. The molecular weight excluding hydrogens is 304 g/mol. The molecule has 0 aromatic rings. The zero-order chi connectivity index (χ0) is 18.1. The van der Waals surface area contributed by atoms with E-state index >= 15 is 0 Å². The van der Waals surface area contributed by atoms with Crippen molar-refractivity contribution in [2.45, 2.75) is 85.5 Å². The Bertz CT molecular complexity index is 274. The van der Waals surface area contributed by atoms with Gasteiger partial charge in [-0.05, 0) is 34.1 Å². The predicted molar refractivity (Wildman–Crippen MR) is 99.9 cm³/mol. The Kier molecular flexibility index (Phi) is 15.5. The van der Waals surface area contributed by atoms with Crippen molar-refractivity contribution >= 4 is 0 Å². The van der Waals surface area contributed by atoms with E-state index in [1.165, 1.54) is 32.1 Å². The highest BCUT2D eigenvalue weighted by Crippen LogP contribution is 2.28. The van der Waals surface area contributed by atoms with E-state index in [0.717, 1.165) is 6.42 Å². The molecule has 4 nitrogen and oxygen atoms in total. The molecule has 0 bridgehead atoms. The van der Waals surface area contributed by atoms with Crippen LogP contribution in [0.2, 0.25) is 0 Å². The first-order chi connectivity index (χ1) is 11.7. The second kappa shape index (κ2) is 15.9. The molecule has 0 heterocycles.